The number of aromatic nitrogens is 4. The number of pyridine rings is 1. The smallest absolute Gasteiger partial charge is 0.407 e. The molecule has 1 aliphatic carbocycles. The van der Waals surface area contributed by atoms with Crippen molar-refractivity contribution >= 4 is 12.1 Å². The zero-order valence-electron chi connectivity index (χ0n) is 18.8. The molecule has 1 amide bonds. The molecule has 0 radical (unpaired) electrons. The van der Waals surface area contributed by atoms with Crippen molar-refractivity contribution in [1.29, 1.82) is 0 Å². The fourth-order valence-corrected chi connectivity index (χ4v) is 3.81. The summed E-state index contributed by atoms with van der Waals surface area (Å²) < 4.78 is 12.8. The number of carboxylic acids is 1. The lowest BCUT2D eigenvalue weighted by atomic mass is 9.87. The van der Waals surface area contributed by atoms with E-state index in [0.29, 0.717) is 48.7 Å². The van der Waals surface area contributed by atoms with Crippen molar-refractivity contribution < 1.29 is 24.2 Å². The molecule has 0 spiro atoms. The summed E-state index contributed by atoms with van der Waals surface area (Å²) in [7, 11) is 1.76. The minimum Gasteiger partial charge on any atom is -0.488 e. The number of hydrogen-bond acceptors (Lipinski definition) is 7. The number of alkyl carbamates (subject to hydrolysis) is 1. The third-order valence-corrected chi connectivity index (χ3v) is 5.56. The molecule has 2 aromatic rings. The molecular weight excluding hydrogens is 414 g/mol. The molecule has 2 aromatic heterocycles. The van der Waals surface area contributed by atoms with E-state index in [-0.39, 0.29) is 18.6 Å². The highest BCUT2D eigenvalue weighted by Gasteiger charge is 2.28. The van der Waals surface area contributed by atoms with E-state index in [9.17, 15) is 14.7 Å². The highest BCUT2D eigenvalue weighted by Crippen LogP contribution is 2.31. The Morgan fingerprint density at radius 3 is 2.81 bits per heavy atom. The van der Waals surface area contributed by atoms with E-state index >= 15 is 0 Å². The first kappa shape index (κ1) is 23.5. The average Bonchev–Trinajstić information content (AvgIpc) is 3.16. The van der Waals surface area contributed by atoms with Gasteiger partial charge < -0.3 is 19.9 Å². The van der Waals surface area contributed by atoms with Gasteiger partial charge in [0.05, 0.1) is 42.3 Å². The maximum Gasteiger partial charge on any atom is 0.407 e. The van der Waals surface area contributed by atoms with Gasteiger partial charge in [-0.05, 0) is 50.7 Å². The second kappa shape index (κ2) is 10.9. The SMILES string of the molecule is CCCOC(=O)NCc1c(-c2ccc(O[C@H]3CCC[C@H](C(=O)O)C3)c(CC)n2)nnn1C. The fraction of sp³-hybridized carbons (Fsp3) is 0.591. The average molecular weight is 446 g/mol. The molecule has 2 atom stereocenters. The molecule has 2 N–H and O–H groups in total. The van der Waals surface area contributed by atoms with Crippen LogP contribution >= 0.6 is 0 Å². The van der Waals surface area contributed by atoms with Gasteiger partial charge in [-0.1, -0.05) is 19.1 Å². The Morgan fingerprint density at radius 1 is 1.28 bits per heavy atom. The summed E-state index contributed by atoms with van der Waals surface area (Å²) in [6, 6.07) is 3.67. The topological polar surface area (TPSA) is 128 Å². The standard InChI is InChI=1S/C22H31N5O5/c1-4-11-31-22(30)23-13-18-20(25-26-27(18)3)17-9-10-19(16(5-2)24-17)32-15-8-6-7-14(12-15)21(28)29/h9-10,14-15H,4-8,11-13H2,1-3H3,(H,23,30)(H,28,29)/t14-,15-/m0/s1. The van der Waals surface area contributed by atoms with Crippen LogP contribution in [-0.4, -0.2) is 49.9 Å². The number of aliphatic carboxylic acids is 1. The van der Waals surface area contributed by atoms with E-state index in [4.69, 9.17) is 14.5 Å². The number of carbonyl (C=O) groups excluding carboxylic acids is 1. The predicted molar refractivity (Wildman–Crippen MR) is 116 cm³/mol. The number of hydrogen-bond donors (Lipinski definition) is 2. The molecule has 1 saturated carbocycles. The van der Waals surface area contributed by atoms with Crippen LogP contribution in [0.1, 0.15) is 57.3 Å². The Labute approximate surface area is 187 Å². The predicted octanol–water partition coefficient (Wildman–Crippen LogP) is 3.10. The van der Waals surface area contributed by atoms with Gasteiger partial charge in [0, 0.05) is 7.05 Å². The van der Waals surface area contributed by atoms with E-state index < -0.39 is 12.1 Å². The summed E-state index contributed by atoms with van der Waals surface area (Å²) in [5.74, 6) is -0.450. The third-order valence-electron chi connectivity index (χ3n) is 5.56. The molecule has 1 aliphatic rings. The Morgan fingerprint density at radius 2 is 2.09 bits per heavy atom. The number of nitrogens with zero attached hydrogens (tertiary/aromatic N) is 4. The molecule has 0 saturated heterocycles. The monoisotopic (exact) mass is 445 g/mol. The fourth-order valence-electron chi connectivity index (χ4n) is 3.81. The molecule has 0 aliphatic heterocycles. The molecule has 2 heterocycles. The summed E-state index contributed by atoms with van der Waals surface area (Å²) >= 11 is 0. The van der Waals surface area contributed by atoms with Crippen LogP contribution in [0.4, 0.5) is 4.79 Å². The maximum absolute atomic E-state index is 11.8. The number of ether oxygens (including phenoxy) is 2. The molecular formula is C22H31N5O5. The molecule has 10 nitrogen and oxygen atoms in total. The summed E-state index contributed by atoms with van der Waals surface area (Å²) in [4.78, 5) is 27.9. The summed E-state index contributed by atoms with van der Waals surface area (Å²) in [6.07, 6.45) is 3.66. The summed E-state index contributed by atoms with van der Waals surface area (Å²) in [5, 5.41) is 20.3. The quantitative estimate of drug-likeness (QED) is 0.602. The zero-order chi connectivity index (χ0) is 23.1. The maximum atomic E-state index is 11.8. The molecule has 0 aromatic carbocycles. The Hall–Kier alpha value is -3.17. The Bertz CT molecular complexity index is 945. The van der Waals surface area contributed by atoms with Gasteiger partial charge in [0.25, 0.3) is 0 Å². The number of amides is 1. The van der Waals surface area contributed by atoms with Gasteiger partial charge in [-0.15, -0.1) is 5.10 Å². The van der Waals surface area contributed by atoms with Crippen LogP contribution in [0.3, 0.4) is 0 Å². The van der Waals surface area contributed by atoms with Gasteiger partial charge >= 0.3 is 12.1 Å². The van der Waals surface area contributed by atoms with Crippen LogP contribution in [-0.2, 0) is 29.5 Å². The first-order valence-electron chi connectivity index (χ1n) is 11.1. The van der Waals surface area contributed by atoms with Crippen LogP contribution in [0.2, 0.25) is 0 Å². The van der Waals surface area contributed by atoms with Crippen LogP contribution in [0.25, 0.3) is 11.4 Å². The lowest BCUT2D eigenvalue weighted by molar-refractivity contribution is -0.143. The van der Waals surface area contributed by atoms with Gasteiger partial charge in [0.2, 0.25) is 0 Å². The van der Waals surface area contributed by atoms with E-state index in [0.717, 1.165) is 25.0 Å². The molecule has 32 heavy (non-hydrogen) atoms. The van der Waals surface area contributed by atoms with Crippen LogP contribution in [0, 0.1) is 5.92 Å². The molecule has 0 bridgehead atoms. The highest BCUT2D eigenvalue weighted by atomic mass is 16.5. The lowest BCUT2D eigenvalue weighted by Crippen LogP contribution is -2.29. The second-order valence-corrected chi connectivity index (χ2v) is 7.93. The number of rotatable bonds is 9. The van der Waals surface area contributed by atoms with E-state index in [2.05, 4.69) is 15.6 Å². The van der Waals surface area contributed by atoms with Crippen LogP contribution < -0.4 is 10.1 Å². The molecule has 10 heteroatoms. The third kappa shape index (κ3) is 5.74. The van der Waals surface area contributed by atoms with E-state index in [1.54, 1.807) is 11.7 Å². The van der Waals surface area contributed by atoms with Crippen molar-refractivity contribution in [3.8, 4) is 17.1 Å². The van der Waals surface area contributed by atoms with E-state index in [1.807, 2.05) is 26.0 Å². The number of nitrogens with one attached hydrogen (secondary N) is 1. The van der Waals surface area contributed by atoms with Gasteiger partial charge in [0.1, 0.15) is 11.4 Å². The van der Waals surface area contributed by atoms with Gasteiger partial charge in [0.15, 0.2) is 0 Å². The Kier molecular flexibility index (Phi) is 8.02. The van der Waals surface area contributed by atoms with Crippen molar-refractivity contribution in [3.63, 3.8) is 0 Å². The molecule has 0 unspecified atom stereocenters. The van der Waals surface area contributed by atoms with Gasteiger partial charge in [-0.3, -0.25) is 4.79 Å². The van der Waals surface area contributed by atoms with Crippen LogP contribution in [0.5, 0.6) is 5.75 Å². The van der Waals surface area contributed by atoms with Crippen molar-refractivity contribution in [2.75, 3.05) is 6.61 Å². The normalized spacial score (nSPS) is 18.2. The molecule has 174 valence electrons. The van der Waals surface area contributed by atoms with Gasteiger partial charge in [-0.2, -0.15) is 0 Å². The minimum atomic E-state index is -0.759. The zero-order valence-corrected chi connectivity index (χ0v) is 18.8. The largest absolute Gasteiger partial charge is 0.488 e. The van der Waals surface area contributed by atoms with Crippen molar-refractivity contribution in [1.82, 2.24) is 25.3 Å². The van der Waals surface area contributed by atoms with Crippen molar-refractivity contribution in [3.05, 3.63) is 23.5 Å². The second-order valence-electron chi connectivity index (χ2n) is 7.93. The number of carboxylic acid groups (broad SMARTS) is 1. The van der Waals surface area contributed by atoms with Gasteiger partial charge in [-0.25, -0.2) is 14.5 Å². The summed E-state index contributed by atoms with van der Waals surface area (Å²) in [5.41, 5.74) is 2.69. The lowest BCUT2D eigenvalue weighted by Gasteiger charge is -2.28. The number of aryl methyl sites for hydroxylation is 2. The highest BCUT2D eigenvalue weighted by molar-refractivity contribution is 5.70. The summed E-state index contributed by atoms with van der Waals surface area (Å²) in [6.45, 7) is 4.49. The first-order chi connectivity index (χ1) is 15.4. The molecule has 1 fully saturated rings. The Balaban J connectivity index is 1.75. The number of carbonyl (C=O) groups is 2. The van der Waals surface area contributed by atoms with Crippen LogP contribution in [0.15, 0.2) is 12.1 Å². The molecule has 3 rings (SSSR count). The van der Waals surface area contributed by atoms with Crippen molar-refractivity contribution in [2.24, 2.45) is 13.0 Å². The van der Waals surface area contributed by atoms with E-state index in [1.165, 1.54) is 0 Å². The first-order valence-corrected chi connectivity index (χ1v) is 11.1. The minimum absolute atomic E-state index is 0.131. The van der Waals surface area contributed by atoms with Crippen molar-refractivity contribution in [2.45, 2.75) is 65.0 Å².